The maximum Gasteiger partial charge on any atom is 0.127 e. The standard InChI is InChI=1S/C26H26O2/c1-3-22(23-16-18-24(19-17-23)27-4-2)12-8-10-21-11-9-15-26(20-21)28-25-13-6-5-7-14-25/h1,5-7,9,11,13-20,22H,4,8,10,12H2,2H3. The molecule has 0 fully saturated rings. The molecule has 0 aliphatic carbocycles. The van der Waals surface area contributed by atoms with Gasteiger partial charge in [-0.3, -0.25) is 0 Å². The third-order valence-corrected chi connectivity index (χ3v) is 4.63. The number of terminal acetylenes is 1. The molecule has 0 aliphatic heterocycles. The highest BCUT2D eigenvalue weighted by Gasteiger charge is 2.09. The fourth-order valence-electron chi connectivity index (χ4n) is 3.21. The first-order valence-corrected chi connectivity index (χ1v) is 9.79. The van der Waals surface area contributed by atoms with E-state index >= 15 is 0 Å². The molecule has 0 heterocycles. The first kappa shape index (κ1) is 19.6. The molecule has 0 radical (unpaired) electrons. The molecule has 3 aromatic carbocycles. The number of aryl methyl sites for hydroxylation is 1. The van der Waals surface area contributed by atoms with Crippen LogP contribution in [0.3, 0.4) is 0 Å². The van der Waals surface area contributed by atoms with Crippen LogP contribution in [0.1, 0.15) is 36.8 Å². The molecule has 1 unspecified atom stereocenters. The van der Waals surface area contributed by atoms with Gasteiger partial charge in [-0.15, -0.1) is 6.42 Å². The molecule has 3 rings (SSSR count). The maximum atomic E-state index is 5.92. The zero-order chi connectivity index (χ0) is 19.6. The summed E-state index contributed by atoms with van der Waals surface area (Å²) < 4.78 is 11.4. The summed E-state index contributed by atoms with van der Waals surface area (Å²) >= 11 is 0. The summed E-state index contributed by atoms with van der Waals surface area (Å²) in [6.07, 6.45) is 8.74. The van der Waals surface area contributed by atoms with Gasteiger partial charge in [0.05, 0.1) is 6.61 Å². The largest absolute Gasteiger partial charge is 0.494 e. The first-order valence-electron chi connectivity index (χ1n) is 9.79. The molecule has 0 aliphatic rings. The Kier molecular flexibility index (Phi) is 7.15. The fraction of sp³-hybridized carbons (Fsp3) is 0.231. The van der Waals surface area contributed by atoms with Gasteiger partial charge in [0, 0.05) is 5.92 Å². The Morgan fingerprint density at radius 1 is 0.857 bits per heavy atom. The Labute approximate surface area is 168 Å². The van der Waals surface area contributed by atoms with Crippen LogP contribution in [0.2, 0.25) is 0 Å². The van der Waals surface area contributed by atoms with E-state index in [1.807, 2.05) is 61.5 Å². The van der Waals surface area contributed by atoms with E-state index in [1.165, 1.54) is 11.1 Å². The lowest BCUT2D eigenvalue weighted by molar-refractivity contribution is 0.340. The zero-order valence-electron chi connectivity index (χ0n) is 16.3. The van der Waals surface area contributed by atoms with E-state index in [9.17, 15) is 0 Å². The molecule has 28 heavy (non-hydrogen) atoms. The number of ether oxygens (including phenoxy) is 2. The Bertz CT molecular complexity index is 892. The molecule has 142 valence electrons. The average Bonchev–Trinajstić information content (AvgIpc) is 2.73. The number of hydrogen-bond donors (Lipinski definition) is 0. The van der Waals surface area contributed by atoms with Crippen LogP contribution in [0.4, 0.5) is 0 Å². The summed E-state index contributed by atoms with van der Waals surface area (Å²) in [5, 5.41) is 0. The molecule has 2 heteroatoms. The van der Waals surface area contributed by atoms with Crippen molar-refractivity contribution >= 4 is 0 Å². The summed E-state index contributed by atoms with van der Waals surface area (Å²) in [5.41, 5.74) is 2.43. The maximum absolute atomic E-state index is 5.92. The number of rotatable bonds is 9. The van der Waals surface area contributed by atoms with Gasteiger partial charge in [-0.25, -0.2) is 0 Å². The summed E-state index contributed by atoms with van der Waals surface area (Å²) in [7, 11) is 0. The highest BCUT2D eigenvalue weighted by atomic mass is 16.5. The molecule has 0 spiro atoms. The highest BCUT2D eigenvalue weighted by Crippen LogP contribution is 2.26. The molecule has 0 aromatic heterocycles. The highest BCUT2D eigenvalue weighted by molar-refractivity contribution is 5.35. The van der Waals surface area contributed by atoms with E-state index in [-0.39, 0.29) is 5.92 Å². The van der Waals surface area contributed by atoms with Crippen LogP contribution >= 0.6 is 0 Å². The third-order valence-electron chi connectivity index (χ3n) is 4.63. The lowest BCUT2D eigenvalue weighted by atomic mass is 9.93. The van der Waals surface area contributed by atoms with Crippen molar-refractivity contribution in [3.05, 3.63) is 90.0 Å². The van der Waals surface area contributed by atoms with Gasteiger partial charge in [0.25, 0.3) is 0 Å². The lowest BCUT2D eigenvalue weighted by Crippen LogP contribution is -1.98. The van der Waals surface area contributed by atoms with Crippen molar-refractivity contribution in [2.75, 3.05) is 6.61 Å². The van der Waals surface area contributed by atoms with Crippen LogP contribution in [-0.4, -0.2) is 6.61 Å². The first-order chi connectivity index (χ1) is 13.8. The lowest BCUT2D eigenvalue weighted by Gasteiger charge is -2.12. The van der Waals surface area contributed by atoms with Crippen molar-refractivity contribution in [3.63, 3.8) is 0 Å². The van der Waals surface area contributed by atoms with E-state index in [2.05, 4.69) is 30.2 Å². The monoisotopic (exact) mass is 370 g/mol. The van der Waals surface area contributed by atoms with Crippen LogP contribution in [0, 0.1) is 12.3 Å². The minimum atomic E-state index is 0.124. The van der Waals surface area contributed by atoms with Crippen molar-refractivity contribution in [2.45, 2.75) is 32.1 Å². The van der Waals surface area contributed by atoms with Gasteiger partial charge in [0.1, 0.15) is 17.2 Å². The molecule has 0 saturated heterocycles. The van der Waals surface area contributed by atoms with Crippen LogP contribution in [0.5, 0.6) is 17.2 Å². The fourth-order valence-corrected chi connectivity index (χ4v) is 3.21. The Morgan fingerprint density at radius 3 is 2.32 bits per heavy atom. The predicted octanol–water partition coefficient (Wildman–Crippen LogP) is 6.62. The summed E-state index contributed by atoms with van der Waals surface area (Å²) in [5.74, 6) is 5.66. The topological polar surface area (TPSA) is 18.5 Å². The van der Waals surface area contributed by atoms with Crippen molar-refractivity contribution in [3.8, 4) is 29.6 Å². The normalized spacial score (nSPS) is 11.4. The number of hydrogen-bond acceptors (Lipinski definition) is 2. The van der Waals surface area contributed by atoms with Crippen molar-refractivity contribution in [1.82, 2.24) is 0 Å². The van der Waals surface area contributed by atoms with E-state index in [0.717, 1.165) is 36.5 Å². The minimum Gasteiger partial charge on any atom is -0.494 e. The molecule has 1 atom stereocenters. The smallest absolute Gasteiger partial charge is 0.127 e. The predicted molar refractivity (Wildman–Crippen MR) is 115 cm³/mol. The molecule has 2 nitrogen and oxygen atoms in total. The summed E-state index contributed by atoms with van der Waals surface area (Å²) in [6, 6.07) is 26.3. The van der Waals surface area contributed by atoms with Crippen LogP contribution in [-0.2, 0) is 6.42 Å². The molecule has 3 aromatic rings. The summed E-state index contributed by atoms with van der Waals surface area (Å²) in [4.78, 5) is 0. The minimum absolute atomic E-state index is 0.124. The van der Waals surface area contributed by atoms with E-state index in [4.69, 9.17) is 15.9 Å². The second-order valence-electron chi connectivity index (χ2n) is 6.68. The van der Waals surface area contributed by atoms with Gasteiger partial charge in [-0.2, -0.15) is 0 Å². The van der Waals surface area contributed by atoms with E-state index in [0.29, 0.717) is 6.61 Å². The second-order valence-corrected chi connectivity index (χ2v) is 6.68. The molecule has 0 amide bonds. The SMILES string of the molecule is C#CC(CCCc1cccc(Oc2ccccc2)c1)c1ccc(OCC)cc1. The third kappa shape index (κ3) is 5.66. The van der Waals surface area contributed by atoms with Crippen molar-refractivity contribution < 1.29 is 9.47 Å². The molecule has 0 saturated carbocycles. The van der Waals surface area contributed by atoms with Crippen molar-refractivity contribution in [1.29, 1.82) is 0 Å². The quantitative estimate of drug-likeness (QED) is 0.394. The van der Waals surface area contributed by atoms with E-state index in [1.54, 1.807) is 0 Å². The molecular weight excluding hydrogens is 344 g/mol. The van der Waals surface area contributed by atoms with Gasteiger partial charge in [-0.1, -0.05) is 48.4 Å². The van der Waals surface area contributed by atoms with Crippen molar-refractivity contribution in [2.24, 2.45) is 0 Å². The molecular formula is C26H26O2. The number of para-hydroxylation sites is 1. The molecule has 0 N–H and O–H groups in total. The van der Waals surface area contributed by atoms with Crippen LogP contribution in [0.15, 0.2) is 78.9 Å². The van der Waals surface area contributed by atoms with Crippen LogP contribution < -0.4 is 9.47 Å². The zero-order valence-corrected chi connectivity index (χ0v) is 16.3. The Balaban J connectivity index is 1.55. The van der Waals surface area contributed by atoms with E-state index < -0.39 is 0 Å². The average molecular weight is 370 g/mol. The van der Waals surface area contributed by atoms with Crippen LogP contribution in [0.25, 0.3) is 0 Å². The molecule has 0 bridgehead atoms. The number of benzene rings is 3. The van der Waals surface area contributed by atoms with Gasteiger partial charge in [0.2, 0.25) is 0 Å². The Hall–Kier alpha value is -3.18. The summed E-state index contributed by atoms with van der Waals surface area (Å²) in [6.45, 7) is 2.66. The second kappa shape index (κ2) is 10.2. The Morgan fingerprint density at radius 2 is 1.61 bits per heavy atom. The van der Waals surface area contributed by atoms with Gasteiger partial charge in [0.15, 0.2) is 0 Å². The van der Waals surface area contributed by atoms with Gasteiger partial charge >= 0.3 is 0 Å². The van der Waals surface area contributed by atoms with Gasteiger partial charge in [-0.05, 0) is 73.7 Å². The van der Waals surface area contributed by atoms with Gasteiger partial charge < -0.3 is 9.47 Å².